The molecule has 9 heteroatoms. The molecule has 6 rings (SSSR count). The third-order valence-electron chi connectivity index (χ3n) is 7.95. The summed E-state index contributed by atoms with van der Waals surface area (Å²) in [5, 5.41) is 3.47. The molecule has 2 aromatic heterocycles. The number of piperidine rings is 1. The monoisotopic (exact) mass is 522 g/mol. The molecule has 1 aliphatic carbocycles. The van der Waals surface area contributed by atoms with Crippen molar-refractivity contribution in [2.45, 2.75) is 44.9 Å². The average Bonchev–Trinajstić information content (AvgIpc) is 3.42. The van der Waals surface area contributed by atoms with E-state index in [9.17, 15) is 14.4 Å². The van der Waals surface area contributed by atoms with Gasteiger partial charge in [-0.15, -0.1) is 0 Å². The molecule has 9 nitrogen and oxygen atoms in total. The van der Waals surface area contributed by atoms with E-state index in [0.29, 0.717) is 17.5 Å². The number of primary amides is 1. The molecule has 0 spiro atoms. The van der Waals surface area contributed by atoms with Crippen molar-refractivity contribution in [1.82, 2.24) is 19.4 Å². The van der Waals surface area contributed by atoms with Gasteiger partial charge in [0.1, 0.15) is 5.56 Å². The molecule has 39 heavy (non-hydrogen) atoms. The van der Waals surface area contributed by atoms with Crippen LogP contribution in [-0.4, -0.2) is 44.3 Å². The quantitative estimate of drug-likeness (QED) is 0.411. The highest BCUT2D eigenvalue weighted by molar-refractivity contribution is 5.96. The summed E-state index contributed by atoms with van der Waals surface area (Å²) in [7, 11) is 0. The molecule has 2 aromatic carbocycles. The van der Waals surface area contributed by atoms with Crippen molar-refractivity contribution in [3.05, 3.63) is 87.3 Å². The zero-order valence-corrected chi connectivity index (χ0v) is 21.8. The summed E-state index contributed by atoms with van der Waals surface area (Å²) in [4.78, 5) is 47.7. The number of hydrogen-bond donors (Lipinski definition) is 2. The molecule has 4 aromatic rings. The maximum atomic E-state index is 13.0. The molecule has 3 heterocycles. The number of hydrogen-bond acceptors (Lipinski definition) is 6. The van der Waals surface area contributed by atoms with E-state index in [1.807, 2.05) is 23.1 Å². The van der Waals surface area contributed by atoms with Crippen LogP contribution in [0.5, 0.6) is 0 Å². The van der Waals surface area contributed by atoms with E-state index in [-0.39, 0.29) is 16.9 Å². The second-order valence-corrected chi connectivity index (χ2v) is 10.4. The van der Waals surface area contributed by atoms with E-state index in [1.54, 1.807) is 11.5 Å². The lowest BCUT2D eigenvalue weighted by atomic mass is 9.89. The van der Waals surface area contributed by atoms with Crippen LogP contribution in [0, 0.1) is 0 Å². The number of likely N-dealkylation sites (tertiary alicyclic amines) is 1. The molecule has 2 amide bonds. The molecule has 0 saturated carbocycles. The molecular formula is C30H30N6O3. The molecule has 1 aliphatic heterocycles. The van der Waals surface area contributed by atoms with E-state index in [4.69, 9.17) is 5.73 Å². The Morgan fingerprint density at radius 2 is 1.77 bits per heavy atom. The predicted octanol–water partition coefficient (Wildman–Crippen LogP) is 3.84. The van der Waals surface area contributed by atoms with Gasteiger partial charge in [0, 0.05) is 43.8 Å². The van der Waals surface area contributed by atoms with E-state index in [1.165, 1.54) is 29.1 Å². The Bertz CT molecular complexity index is 1650. The highest BCUT2D eigenvalue weighted by Gasteiger charge is 2.22. The summed E-state index contributed by atoms with van der Waals surface area (Å²) in [6, 6.07) is 14.3. The van der Waals surface area contributed by atoms with Gasteiger partial charge in [-0.1, -0.05) is 18.2 Å². The van der Waals surface area contributed by atoms with Crippen LogP contribution in [0.15, 0.2) is 59.7 Å². The molecular weight excluding hydrogens is 492 g/mol. The standard InChI is InChI=1S/C30H30N6O3/c1-18(37)35-13-11-21(12-14-35)20-5-8-23(9-6-20)33-30-32-16-25-27(38)26(28(31)39)17-36(29(25)34-30)24-10-7-19-3-2-4-22(19)15-24/h5-10,15-17,21H,2-4,11-14H2,1H3,(H2,31,39)(H,32,33,34). The molecule has 1 fully saturated rings. The van der Waals surface area contributed by atoms with Gasteiger partial charge >= 0.3 is 0 Å². The maximum absolute atomic E-state index is 13.0. The van der Waals surface area contributed by atoms with Crippen LogP contribution in [0.2, 0.25) is 0 Å². The number of nitrogens with one attached hydrogen (secondary N) is 1. The van der Waals surface area contributed by atoms with Crippen molar-refractivity contribution in [3.63, 3.8) is 0 Å². The van der Waals surface area contributed by atoms with Gasteiger partial charge in [0.15, 0.2) is 5.65 Å². The Hall–Kier alpha value is -4.53. The topological polar surface area (TPSA) is 123 Å². The lowest BCUT2D eigenvalue weighted by Gasteiger charge is -2.31. The fourth-order valence-electron chi connectivity index (χ4n) is 5.75. The van der Waals surface area contributed by atoms with Gasteiger partial charge in [-0.3, -0.25) is 14.4 Å². The molecule has 1 saturated heterocycles. The van der Waals surface area contributed by atoms with E-state index in [2.05, 4.69) is 39.6 Å². The fraction of sp³-hybridized carbons (Fsp3) is 0.300. The van der Waals surface area contributed by atoms with Crippen molar-refractivity contribution in [2.75, 3.05) is 18.4 Å². The Morgan fingerprint density at radius 3 is 2.49 bits per heavy atom. The van der Waals surface area contributed by atoms with Crippen LogP contribution in [0.1, 0.15) is 59.2 Å². The molecule has 3 N–H and O–H groups in total. The normalized spacial score (nSPS) is 15.4. The lowest BCUT2D eigenvalue weighted by molar-refractivity contribution is -0.129. The number of aryl methyl sites for hydroxylation is 2. The van der Waals surface area contributed by atoms with Crippen molar-refractivity contribution < 1.29 is 9.59 Å². The van der Waals surface area contributed by atoms with E-state index in [0.717, 1.165) is 56.6 Å². The Balaban J connectivity index is 1.31. The highest BCUT2D eigenvalue weighted by atomic mass is 16.2. The maximum Gasteiger partial charge on any atom is 0.254 e. The number of amides is 2. The van der Waals surface area contributed by atoms with Crippen LogP contribution in [-0.2, 0) is 17.6 Å². The molecule has 0 radical (unpaired) electrons. The number of nitrogens with zero attached hydrogens (tertiary/aromatic N) is 4. The second kappa shape index (κ2) is 9.98. The number of carbonyl (C=O) groups is 2. The largest absolute Gasteiger partial charge is 0.365 e. The van der Waals surface area contributed by atoms with Gasteiger partial charge in [-0.2, -0.15) is 4.98 Å². The molecule has 198 valence electrons. The first-order chi connectivity index (χ1) is 18.9. The van der Waals surface area contributed by atoms with Gasteiger partial charge in [-0.05, 0) is 79.0 Å². The molecule has 0 bridgehead atoms. The van der Waals surface area contributed by atoms with Crippen LogP contribution in [0.25, 0.3) is 16.7 Å². The number of pyridine rings is 1. The van der Waals surface area contributed by atoms with Crippen molar-refractivity contribution in [3.8, 4) is 5.69 Å². The summed E-state index contributed by atoms with van der Waals surface area (Å²) in [6.45, 7) is 3.19. The van der Waals surface area contributed by atoms with Gasteiger partial charge < -0.3 is 20.5 Å². The number of benzene rings is 2. The van der Waals surface area contributed by atoms with E-state index >= 15 is 0 Å². The number of anilines is 2. The minimum Gasteiger partial charge on any atom is -0.365 e. The lowest BCUT2D eigenvalue weighted by Crippen LogP contribution is -2.36. The zero-order valence-electron chi connectivity index (χ0n) is 21.8. The number of carbonyl (C=O) groups excluding carboxylic acids is 2. The van der Waals surface area contributed by atoms with Crippen molar-refractivity contribution >= 4 is 34.5 Å². The Kier molecular flexibility index (Phi) is 6.34. The number of rotatable bonds is 5. The highest BCUT2D eigenvalue weighted by Crippen LogP contribution is 2.30. The van der Waals surface area contributed by atoms with Crippen LogP contribution in [0.4, 0.5) is 11.6 Å². The summed E-state index contributed by atoms with van der Waals surface area (Å²) in [6.07, 6.45) is 7.99. The third kappa shape index (κ3) is 4.76. The Morgan fingerprint density at radius 1 is 1.03 bits per heavy atom. The second-order valence-electron chi connectivity index (χ2n) is 10.4. The average molecular weight is 523 g/mol. The van der Waals surface area contributed by atoms with Crippen molar-refractivity contribution in [2.24, 2.45) is 5.73 Å². The third-order valence-corrected chi connectivity index (χ3v) is 7.95. The predicted molar refractivity (Wildman–Crippen MR) is 150 cm³/mol. The Labute approximate surface area is 225 Å². The summed E-state index contributed by atoms with van der Waals surface area (Å²) < 4.78 is 1.75. The van der Waals surface area contributed by atoms with Gasteiger partial charge in [0.25, 0.3) is 5.91 Å². The summed E-state index contributed by atoms with van der Waals surface area (Å²) in [5.41, 5.74) is 10.8. The summed E-state index contributed by atoms with van der Waals surface area (Å²) in [5.74, 6) is 0.112. The molecule has 0 atom stereocenters. The summed E-state index contributed by atoms with van der Waals surface area (Å²) >= 11 is 0. The van der Waals surface area contributed by atoms with Gasteiger partial charge in [0.05, 0.1) is 5.39 Å². The first-order valence-corrected chi connectivity index (χ1v) is 13.3. The fourth-order valence-corrected chi connectivity index (χ4v) is 5.75. The smallest absolute Gasteiger partial charge is 0.254 e. The minimum atomic E-state index is -0.786. The van der Waals surface area contributed by atoms with Gasteiger partial charge in [-0.25, -0.2) is 4.98 Å². The minimum absolute atomic E-state index is 0.1000. The molecule has 2 aliphatic rings. The van der Waals surface area contributed by atoms with Crippen LogP contribution < -0.4 is 16.5 Å². The van der Waals surface area contributed by atoms with Gasteiger partial charge in [0.2, 0.25) is 17.3 Å². The number of fused-ring (bicyclic) bond motifs is 2. The number of nitrogens with two attached hydrogens (primary N) is 1. The SMILES string of the molecule is CC(=O)N1CCC(c2ccc(Nc3ncc4c(=O)c(C(N)=O)cn(-c5ccc6c(c5)CCC6)c4n3)cc2)CC1. The zero-order chi connectivity index (χ0) is 27.1. The van der Waals surface area contributed by atoms with Crippen LogP contribution in [0.3, 0.4) is 0 Å². The number of aromatic nitrogens is 3. The van der Waals surface area contributed by atoms with Crippen molar-refractivity contribution in [1.29, 1.82) is 0 Å². The molecule has 0 unspecified atom stereocenters. The first-order valence-electron chi connectivity index (χ1n) is 13.3. The first kappa shape index (κ1) is 24.8. The van der Waals surface area contributed by atoms with Crippen LogP contribution >= 0.6 is 0 Å². The van der Waals surface area contributed by atoms with E-state index < -0.39 is 11.3 Å².